The molecule has 0 aromatic rings. The summed E-state index contributed by atoms with van der Waals surface area (Å²) in [5.74, 6) is -3.86. The Bertz CT molecular complexity index is 548. The number of hydrogen-bond donors (Lipinski definition) is 0. The molecule has 0 N–H and O–H groups in total. The van der Waals surface area contributed by atoms with E-state index in [1.807, 2.05) is 0 Å². The van der Waals surface area contributed by atoms with Crippen molar-refractivity contribution in [2.75, 3.05) is 0 Å². The first-order valence-corrected chi connectivity index (χ1v) is 14.2. The average Bonchev–Trinajstić information content (AvgIpc) is 3.09. The molecule has 5 saturated heterocycles. The first kappa shape index (κ1) is 13.8. The topological polar surface area (TPSA) is 142 Å². The van der Waals surface area contributed by atoms with Crippen molar-refractivity contribution in [1.29, 1.82) is 0 Å². The third kappa shape index (κ3) is 1.62. The molecule has 0 unspecified atom stereocenters. The first-order chi connectivity index (χ1) is 10.4. The molecule has 14 heteroatoms. The Labute approximate surface area is 132 Å². The molecular formula is C8H4O12Sb2. The summed E-state index contributed by atoms with van der Waals surface area (Å²) in [6.45, 7) is 0. The summed E-state index contributed by atoms with van der Waals surface area (Å²) in [6, 6.07) is 0. The molecule has 22 heavy (non-hydrogen) atoms. The van der Waals surface area contributed by atoms with Crippen molar-refractivity contribution in [3.63, 3.8) is 0 Å². The van der Waals surface area contributed by atoms with Crippen molar-refractivity contribution in [2.45, 2.75) is 24.4 Å². The number of carbonyl (C=O) groups excluding carboxylic acids is 4. The van der Waals surface area contributed by atoms with Gasteiger partial charge >= 0.3 is 133 Å². The van der Waals surface area contributed by atoms with Gasteiger partial charge in [-0.25, -0.2) is 0 Å². The molecule has 5 fully saturated rings. The molecule has 2 radical (unpaired) electrons. The molecule has 5 aliphatic rings. The molecular weight excluding hydrogens is 532 g/mol. The molecule has 118 valence electrons. The van der Waals surface area contributed by atoms with Gasteiger partial charge in [0.05, 0.1) is 0 Å². The van der Waals surface area contributed by atoms with Gasteiger partial charge in [0.2, 0.25) is 0 Å². The Morgan fingerprint density at radius 2 is 0.727 bits per heavy atom. The van der Waals surface area contributed by atoms with Gasteiger partial charge in [-0.3, -0.25) is 0 Å². The van der Waals surface area contributed by atoms with Crippen LogP contribution >= 0.6 is 0 Å². The third-order valence-electron chi connectivity index (χ3n) is 3.26. The maximum absolute atomic E-state index is 11.9. The molecule has 5 heterocycles. The van der Waals surface area contributed by atoms with Gasteiger partial charge in [0.25, 0.3) is 0 Å². The van der Waals surface area contributed by atoms with E-state index in [-0.39, 0.29) is 0 Å². The first-order valence-electron chi connectivity index (χ1n) is 5.86. The van der Waals surface area contributed by atoms with Gasteiger partial charge in [0.15, 0.2) is 0 Å². The second kappa shape index (κ2) is 4.06. The summed E-state index contributed by atoms with van der Waals surface area (Å²) in [6.07, 6.45) is -6.06. The minimum atomic E-state index is -4.87. The number of hydrogen-bond acceptors (Lipinski definition) is 12. The van der Waals surface area contributed by atoms with Crippen molar-refractivity contribution in [2.24, 2.45) is 0 Å². The SMILES string of the molecule is O=C1[O][Sb]23[O]C(=O)[C@H]([O]2)[C@H]2[O][Sb]4([O]C(=O)[C@H]([O]4)[C@H]1[O]3)[O]C2=O. The van der Waals surface area contributed by atoms with Crippen molar-refractivity contribution in [3.05, 3.63) is 0 Å². The Kier molecular flexibility index (Phi) is 2.54. The van der Waals surface area contributed by atoms with E-state index in [1.54, 1.807) is 0 Å². The van der Waals surface area contributed by atoms with Crippen molar-refractivity contribution in [1.82, 2.24) is 0 Å². The van der Waals surface area contributed by atoms with E-state index in [4.69, 9.17) is 24.1 Å². The zero-order valence-electron chi connectivity index (χ0n) is 10.1. The Hall–Kier alpha value is -0.644. The van der Waals surface area contributed by atoms with Crippen LogP contribution in [0.2, 0.25) is 0 Å². The zero-order valence-corrected chi connectivity index (χ0v) is 15.2. The van der Waals surface area contributed by atoms with Crippen LogP contribution in [0.15, 0.2) is 0 Å². The van der Waals surface area contributed by atoms with Crippen LogP contribution in [0.3, 0.4) is 0 Å². The van der Waals surface area contributed by atoms with Gasteiger partial charge in [-0.15, -0.1) is 0 Å². The van der Waals surface area contributed by atoms with Crippen LogP contribution in [0.1, 0.15) is 0 Å². The number of rotatable bonds is 0. The predicted molar refractivity (Wildman–Crippen MR) is 55.4 cm³/mol. The second-order valence-electron chi connectivity index (χ2n) is 4.64. The fraction of sp³-hybridized carbons (Fsp3) is 0.500. The quantitative estimate of drug-likeness (QED) is 0.286. The van der Waals surface area contributed by atoms with Crippen LogP contribution in [-0.4, -0.2) is 89.3 Å². The molecule has 2 spiro atoms. The molecule has 0 aromatic heterocycles. The number of fused-ring (bicyclic) bond motifs is 6. The fourth-order valence-electron chi connectivity index (χ4n) is 2.35. The molecule has 12 nitrogen and oxygen atoms in total. The van der Waals surface area contributed by atoms with Gasteiger partial charge in [-0.1, -0.05) is 0 Å². The number of carbonyl (C=O) groups is 4. The maximum atomic E-state index is 11.9. The summed E-state index contributed by atoms with van der Waals surface area (Å²) < 4.78 is 41.0. The summed E-state index contributed by atoms with van der Waals surface area (Å²) in [7, 11) is 0. The van der Waals surface area contributed by atoms with E-state index in [1.165, 1.54) is 0 Å². The van der Waals surface area contributed by atoms with E-state index >= 15 is 0 Å². The second-order valence-corrected chi connectivity index (χ2v) is 14.2. The summed E-state index contributed by atoms with van der Waals surface area (Å²) in [4.78, 5) is 47.6. The third-order valence-corrected chi connectivity index (χ3v) is 13.4. The van der Waals surface area contributed by atoms with Gasteiger partial charge in [0, 0.05) is 0 Å². The molecule has 0 aromatic carbocycles. The van der Waals surface area contributed by atoms with E-state index in [0.717, 1.165) is 0 Å². The van der Waals surface area contributed by atoms with E-state index < -0.39 is 89.3 Å². The van der Waals surface area contributed by atoms with Crippen LogP contribution in [0, 0.1) is 0 Å². The van der Waals surface area contributed by atoms with Gasteiger partial charge in [0.1, 0.15) is 0 Å². The van der Waals surface area contributed by atoms with Crippen molar-refractivity contribution in [3.8, 4) is 0 Å². The summed E-state index contributed by atoms with van der Waals surface area (Å²) in [5, 5.41) is 0. The van der Waals surface area contributed by atoms with E-state index in [0.29, 0.717) is 0 Å². The predicted octanol–water partition coefficient (Wildman–Crippen LogP) is -3.36. The van der Waals surface area contributed by atoms with Crippen LogP contribution in [0.5, 0.6) is 0 Å². The average molecular weight is 536 g/mol. The Morgan fingerprint density at radius 3 is 0.955 bits per heavy atom. The molecule has 0 aliphatic carbocycles. The normalized spacial score (nSPS) is 51.3. The molecule has 6 bridgehead atoms. The molecule has 0 saturated carbocycles. The monoisotopic (exact) mass is 534 g/mol. The van der Waals surface area contributed by atoms with E-state index in [2.05, 4.69) is 0 Å². The van der Waals surface area contributed by atoms with Crippen LogP contribution in [0.4, 0.5) is 0 Å². The summed E-state index contributed by atoms with van der Waals surface area (Å²) in [5.41, 5.74) is 0. The Balaban J connectivity index is 1.66. The van der Waals surface area contributed by atoms with Gasteiger partial charge in [-0.05, 0) is 0 Å². The van der Waals surface area contributed by atoms with E-state index in [9.17, 15) is 19.2 Å². The zero-order chi connectivity index (χ0) is 15.3. The molecule has 5 rings (SSSR count). The van der Waals surface area contributed by atoms with Crippen LogP contribution < -0.4 is 0 Å². The fourth-order valence-corrected chi connectivity index (χ4v) is 13.0. The Morgan fingerprint density at radius 1 is 0.500 bits per heavy atom. The standard InChI is InChI=1S/2C4H4O6.2Sb/c2*5-1(3(7)8)2(6)4(9)10;;/h2*1-2H,(H,7,8)(H,9,10);;/q2*-2;2*+4/p-4/t2*1-,2-;;/m11../s1. The van der Waals surface area contributed by atoms with Crippen molar-refractivity contribution < 1.29 is 43.3 Å². The van der Waals surface area contributed by atoms with Gasteiger partial charge < -0.3 is 0 Å². The molecule has 4 atom stereocenters. The van der Waals surface area contributed by atoms with Crippen LogP contribution in [0.25, 0.3) is 0 Å². The minimum absolute atomic E-state index is 0.966. The van der Waals surface area contributed by atoms with Crippen LogP contribution in [-0.2, 0) is 43.3 Å². The molecule has 5 aliphatic heterocycles. The molecule has 0 amide bonds. The van der Waals surface area contributed by atoms with Crippen molar-refractivity contribution >= 4 is 64.8 Å². The summed E-state index contributed by atoms with van der Waals surface area (Å²) >= 11 is -9.74. The van der Waals surface area contributed by atoms with Gasteiger partial charge in [-0.2, -0.15) is 0 Å².